The molecule has 1 aromatic rings. The molecule has 0 fully saturated rings. The third-order valence-corrected chi connectivity index (χ3v) is 3.94. The van der Waals surface area contributed by atoms with Crippen molar-refractivity contribution >= 4 is 0 Å². The highest BCUT2D eigenvalue weighted by Crippen LogP contribution is 2.45. The fourth-order valence-electron chi connectivity index (χ4n) is 2.79. The molecule has 0 saturated heterocycles. The van der Waals surface area contributed by atoms with Gasteiger partial charge in [-0.1, -0.05) is 37.3 Å². The van der Waals surface area contributed by atoms with Gasteiger partial charge in [0.15, 0.2) is 0 Å². The number of hydrogen-bond acceptors (Lipinski definition) is 3. The summed E-state index contributed by atoms with van der Waals surface area (Å²) in [6.45, 7) is 7.34. The maximum atomic E-state index is 10.8. The third kappa shape index (κ3) is 1.79. The molecule has 1 unspecified atom stereocenters. The zero-order chi connectivity index (χ0) is 13.5. The maximum Gasteiger partial charge on any atom is 0.139 e. The van der Waals surface area contributed by atoms with Crippen molar-refractivity contribution in [1.29, 1.82) is 0 Å². The van der Waals surface area contributed by atoms with Gasteiger partial charge in [0.25, 0.3) is 0 Å². The van der Waals surface area contributed by atoms with Crippen molar-refractivity contribution in [3.05, 3.63) is 47.0 Å². The summed E-state index contributed by atoms with van der Waals surface area (Å²) >= 11 is 0. The van der Waals surface area contributed by atoms with Gasteiger partial charge in [-0.15, -0.1) is 0 Å². The second kappa shape index (κ2) is 4.50. The first-order chi connectivity index (χ1) is 8.41. The van der Waals surface area contributed by atoms with Gasteiger partial charge in [-0.25, -0.2) is 0 Å². The Bertz CT molecular complexity index is 481. The Morgan fingerprint density at radius 2 is 2.17 bits per heavy atom. The zero-order valence-corrected chi connectivity index (χ0v) is 10.8. The van der Waals surface area contributed by atoms with Gasteiger partial charge in [0.2, 0.25) is 0 Å². The van der Waals surface area contributed by atoms with Crippen LogP contribution in [0.5, 0.6) is 0 Å². The monoisotopic (exact) mass is 248 g/mol. The van der Waals surface area contributed by atoms with Gasteiger partial charge in [0.05, 0.1) is 12.7 Å². The van der Waals surface area contributed by atoms with Gasteiger partial charge in [0.1, 0.15) is 5.60 Å². The van der Waals surface area contributed by atoms with E-state index >= 15 is 0 Å². The lowest BCUT2D eigenvalue weighted by atomic mass is 9.69. The van der Waals surface area contributed by atoms with Crippen LogP contribution in [-0.4, -0.2) is 28.0 Å². The molecule has 0 bridgehead atoms. The van der Waals surface area contributed by atoms with Crippen LogP contribution in [0.4, 0.5) is 0 Å². The first-order valence-electron chi connectivity index (χ1n) is 6.21. The van der Waals surface area contributed by atoms with E-state index in [1.807, 2.05) is 32.0 Å². The molecule has 0 aliphatic heterocycles. The van der Waals surface area contributed by atoms with E-state index in [2.05, 4.69) is 6.58 Å². The van der Waals surface area contributed by atoms with Gasteiger partial charge >= 0.3 is 0 Å². The average Bonchev–Trinajstić information content (AvgIpc) is 2.34. The number of hydrogen-bond donors (Lipinski definition) is 3. The standard InChI is InChI=1S/C15H20O3/c1-9-4-5-12-10(2)7-14(17)15(18,11(3)8-16)13(12)6-9/h4-6,10,14,16-18H,3,7-8H2,1-2H3/t10-,14-,15?/m1/s1. The lowest BCUT2D eigenvalue weighted by Crippen LogP contribution is -2.46. The van der Waals surface area contributed by atoms with E-state index in [-0.39, 0.29) is 18.1 Å². The number of rotatable bonds is 2. The predicted octanol–water partition coefficient (Wildman–Crippen LogP) is 1.60. The van der Waals surface area contributed by atoms with Gasteiger partial charge in [-0.2, -0.15) is 0 Å². The van der Waals surface area contributed by atoms with Gasteiger partial charge in [-0.3, -0.25) is 0 Å². The summed E-state index contributed by atoms with van der Waals surface area (Å²) in [5.41, 5.74) is 1.41. The molecule has 18 heavy (non-hydrogen) atoms. The van der Waals surface area contributed by atoms with E-state index in [1.54, 1.807) is 0 Å². The molecule has 1 aromatic carbocycles. The number of aliphatic hydroxyl groups is 3. The number of aliphatic hydroxyl groups excluding tert-OH is 2. The van der Waals surface area contributed by atoms with Crippen LogP contribution >= 0.6 is 0 Å². The van der Waals surface area contributed by atoms with Crippen LogP contribution < -0.4 is 0 Å². The minimum absolute atomic E-state index is 0.183. The number of fused-ring (bicyclic) bond motifs is 1. The first kappa shape index (κ1) is 13.3. The van der Waals surface area contributed by atoms with Gasteiger partial charge in [0, 0.05) is 0 Å². The summed E-state index contributed by atoms with van der Waals surface area (Å²) in [7, 11) is 0. The highest BCUT2D eigenvalue weighted by molar-refractivity contribution is 5.46. The van der Waals surface area contributed by atoms with Crippen LogP contribution in [0.25, 0.3) is 0 Å². The van der Waals surface area contributed by atoms with Crippen LogP contribution in [0.3, 0.4) is 0 Å². The Morgan fingerprint density at radius 3 is 2.78 bits per heavy atom. The summed E-state index contributed by atoms with van der Waals surface area (Å²) in [5.74, 6) is 0.183. The van der Waals surface area contributed by atoms with E-state index < -0.39 is 11.7 Å². The van der Waals surface area contributed by atoms with Crippen LogP contribution in [0, 0.1) is 6.92 Å². The molecule has 2 rings (SSSR count). The summed E-state index contributed by atoms with van der Waals surface area (Å²) in [5, 5.41) is 30.3. The van der Waals surface area contributed by atoms with E-state index in [0.29, 0.717) is 12.0 Å². The van der Waals surface area contributed by atoms with E-state index in [0.717, 1.165) is 11.1 Å². The largest absolute Gasteiger partial charge is 0.392 e. The second-order valence-corrected chi connectivity index (χ2v) is 5.27. The van der Waals surface area contributed by atoms with Crippen molar-refractivity contribution in [2.45, 2.75) is 37.9 Å². The molecule has 0 aromatic heterocycles. The third-order valence-electron chi connectivity index (χ3n) is 3.94. The molecule has 1 aliphatic carbocycles. The maximum absolute atomic E-state index is 10.8. The van der Waals surface area contributed by atoms with E-state index in [4.69, 9.17) is 0 Å². The Kier molecular flexibility index (Phi) is 3.32. The summed E-state index contributed by atoms with van der Waals surface area (Å²) < 4.78 is 0. The zero-order valence-electron chi connectivity index (χ0n) is 10.8. The molecule has 3 atom stereocenters. The predicted molar refractivity (Wildman–Crippen MR) is 70.3 cm³/mol. The Hall–Kier alpha value is -1.16. The van der Waals surface area contributed by atoms with Crippen molar-refractivity contribution in [2.24, 2.45) is 0 Å². The van der Waals surface area contributed by atoms with Crippen molar-refractivity contribution in [3.8, 4) is 0 Å². The Labute approximate surface area is 107 Å². The Morgan fingerprint density at radius 1 is 1.50 bits per heavy atom. The normalized spacial score (nSPS) is 30.9. The van der Waals surface area contributed by atoms with E-state index in [9.17, 15) is 15.3 Å². The lowest BCUT2D eigenvalue weighted by Gasteiger charge is -2.42. The van der Waals surface area contributed by atoms with Crippen molar-refractivity contribution in [2.75, 3.05) is 6.61 Å². The van der Waals surface area contributed by atoms with Crippen LogP contribution in [0.15, 0.2) is 30.4 Å². The first-order valence-corrected chi connectivity index (χ1v) is 6.21. The second-order valence-electron chi connectivity index (χ2n) is 5.27. The van der Waals surface area contributed by atoms with Crippen molar-refractivity contribution < 1.29 is 15.3 Å². The fourth-order valence-corrected chi connectivity index (χ4v) is 2.79. The summed E-state index contributed by atoms with van der Waals surface area (Å²) in [6, 6.07) is 5.85. The van der Waals surface area contributed by atoms with Crippen LogP contribution in [0.1, 0.15) is 36.0 Å². The van der Waals surface area contributed by atoms with Gasteiger partial charge in [-0.05, 0) is 36.0 Å². The molecule has 0 radical (unpaired) electrons. The number of benzene rings is 1. The molecule has 3 nitrogen and oxygen atoms in total. The minimum atomic E-state index is -1.54. The molecular formula is C15H20O3. The molecular weight excluding hydrogens is 228 g/mol. The van der Waals surface area contributed by atoms with Crippen molar-refractivity contribution in [1.82, 2.24) is 0 Å². The minimum Gasteiger partial charge on any atom is -0.392 e. The lowest BCUT2D eigenvalue weighted by molar-refractivity contribution is -0.0713. The topological polar surface area (TPSA) is 60.7 Å². The van der Waals surface area contributed by atoms with Crippen LogP contribution in [-0.2, 0) is 5.60 Å². The summed E-state index contributed by atoms with van der Waals surface area (Å²) in [6.07, 6.45) is -0.465. The SMILES string of the molecule is C=C(CO)C1(O)c2cc(C)ccc2[C@H](C)C[C@H]1O. The molecule has 3 heteroatoms. The Balaban J connectivity index is 2.65. The number of aryl methyl sites for hydroxylation is 1. The van der Waals surface area contributed by atoms with Crippen molar-refractivity contribution in [3.63, 3.8) is 0 Å². The highest BCUT2D eigenvalue weighted by atomic mass is 16.3. The van der Waals surface area contributed by atoms with Crippen LogP contribution in [0.2, 0.25) is 0 Å². The molecule has 1 aliphatic rings. The molecule has 0 amide bonds. The van der Waals surface area contributed by atoms with E-state index in [1.165, 1.54) is 0 Å². The molecule has 98 valence electrons. The molecule has 0 saturated carbocycles. The smallest absolute Gasteiger partial charge is 0.139 e. The molecule has 0 spiro atoms. The quantitative estimate of drug-likeness (QED) is 0.697. The highest BCUT2D eigenvalue weighted by Gasteiger charge is 2.45. The molecule has 3 N–H and O–H groups in total. The summed E-state index contributed by atoms with van der Waals surface area (Å²) in [4.78, 5) is 0. The fraction of sp³-hybridized carbons (Fsp3) is 0.467. The molecule has 0 heterocycles. The van der Waals surface area contributed by atoms with Gasteiger partial charge < -0.3 is 15.3 Å². The average molecular weight is 248 g/mol.